The summed E-state index contributed by atoms with van der Waals surface area (Å²) in [5, 5.41) is 2.69. The number of nitrogens with one attached hydrogen (secondary N) is 1. The number of piperazine rings is 1. The van der Waals surface area contributed by atoms with Crippen LogP contribution in [0.4, 0.5) is 8.78 Å². The Hall–Kier alpha value is -0.710. The molecular formula is C10H16F2N2O. The summed E-state index contributed by atoms with van der Waals surface area (Å²) in [6, 6.07) is 0. The maximum atomic E-state index is 13.3. The van der Waals surface area contributed by atoms with Crippen molar-refractivity contribution in [3.8, 4) is 0 Å². The molecule has 0 aromatic heterocycles. The summed E-state index contributed by atoms with van der Waals surface area (Å²) in [5.41, 5.74) is 0. The van der Waals surface area contributed by atoms with Gasteiger partial charge < -0.3 is 5.32 Å². The molecule has 1 N–H and O–H groups in total. The van der Waals surface area contributed by atoms with Gasteiger partial charge in [0.25, 0.3) is 5.92 Å². The highest BCUT2D eigenvalue weighted by Gasteiger charge is 2.44. The molecular weight excluding hydrogens is 202 g/mol. The standard InChI is InChI=1S/C10H16F2N2O/c11-10(12)3-1-2-8(10)6-14-5-4-13-9(15)7-14/h8H,1-7H2,(H,13,15). The first-order valence-electron chi connectivity index (χ1n) is 5.45. The van der Waals surface area contributed by atoms with Crippen LogP contribution in [0.25, 0.3) is 0 Å². The first kappa shape index (κ1) is 10.8. The summed E-state index contributed by atoms with van der Waals surface area (Å²) < 4.78 is 26.7. The largest absolute Gasteiger partial charge is 0.354 e. The van der Waals surface area contributed by atoms with Gasteiger partial charge in [-0.25, -0.2) is 8.78 Å². The van der Waals surface area contributed by atoms with Crippen molar-refractivity contribution in [3.63, 3.8) is 0 Å². The molecule has 3 nitrogen and oxygen atoms in total. The third-order valence-electron chi connectivity index (χ3n) is 3.26. The quantitative estimate of drug-likeness (QED) is 0.745. The SMILES string of the molecule is O=C1CN(CC2CCCC2(F)F)CCN1. The van der Waals surface area contributed by atoms with Crippen LogP contribution in [-0.2, 0) is 4.79 Å². The number of hydrogen-bond acceptors (Lipinski definition) is 2. The summed E-state index contributed by atoms with van der Waals surface area (Å²) in [4.78, 5) is 12.9. The van der Waals surface area contributed by atoms with E-state index in [-0.39, 0.29) is 18.9 Å². The third-order valence-corrected chi connectivity index (χ3v) is 3.26. The lowest BCUT2D eigenvalue weighted by Gasteiger charge is -2.30. The Morgan fingerprint density at radius 3 is 2.93 bits per heavy atom. The van der Waals surface area contributed by atoms with Crippen molar-refractivity contribution >= 4 is 5.91 Å². The normalized spacial score (nSPS) is 31.6. The van der Waals surface area contributed by atoms with E-state index in [2.05, 4.69) is 5.32 Å². The van der Waals surface area contributed by atoms with Gasteiger partial charge in [0, 0.05) is 32.0 Å². The van der Waals surface area contributed by atoms with Crippen LogP contribution >= 0.6 is 0 Å². The lowest BCUT2D eigenvalue weighted by molar-refractivity contribution is -0.125. The van der Waals surface area contributed by atoms with Crippen LogP contribution in [0.2, 0.25) is 0 Å². The zero-order chi connectivity index (χ0) is 10.9. The number of nitrogens with zero attached hydrogens (tertiary/aromatic N) is 1. The van der Waals surface area contributed by atoms with Crippen molar-refractivity contribution < 1.29 is 13.6 Å². The van der Waals surface area contributed by atoms with E-state index in [1.165, 1.54) is 0 Å². The summed E-state index contributed by atoms with van der Waals surface area (Å²) in [6.07, 6.45) is 1.21. The summed E-state index contributed by atoms with van der Waals surface area (Å²) in [5.74, 6) is -3.13. The van der Waals surface area contributed by atoms with E-state index in [4.69, 9.17) is 0 Å². The molecule has 2 aliphatic rings. The Bertz CT molecular complexity index is 258. The minimum Gasteiger partial charge on any atom is -0.354 e. The maximum Gasteiger partial charge on any atom is 0.252 e. The molecule has 1 saturated carbocycles. The predicted molar refractivity (Wildman–Crippen MR) is 51.7 cm³/mol. The lowest BCUT2D eigenvalue weighted by Crippen LogP contribution is -2.50. The molecule has 1 aliphatic carbocycles. The Kier molecular flexibility index (Phi) is 2.91. The second kappa shape index (κ2) is 4.04. The number of halogens is 2. The molecule has 1 saturated heterocycles. The molecule has 0 aromatic carbocycles. The van der Waals surface area contributed by atoms with Gasteiger partial charge in [-0.05, 0) is 12.8 Å². The highest BCUT2D eigenvalue weighted by atomic mass is 19.3. The molecule has 1 atom stereocenters. The molecule has 0 radical (unpaired) electrons. The van der Waals surface area contributed by atoms with Gasteiger partial charge in [0.2, 0.25) is 5.91 Å². The molecule has 15 heavy (non-hydrogen) atoms. The van der Waals surface area contributed by atoms with E-state index >= 15 is 0 Å². The molecule has 0 spiro atoms. The van der Waals surface area contributed by atoms with Crippen molar-refractivity contribution in [1.82, 2.24) is 10.2 Å². The van der Waals surface area contributed by atoms with Crippen molar-refractivity contribution in [2.75, 3.05) is 26.2 Å². The summed E-state index contributed by atoms with van der Waals surface area (Å²) in [6.45, 7) is 1.91. The van der Waals surface area contributed by atoms with Gasteiger partial charge >= 0.3 is 0 Å². The monoisotopic (exact) mass is 218 g/mol. The van der Waals surface area contributed by atoms with Crippen LogP contribution in [-0.4, -0.2) is 42.9 Å². The van der Waals surface area contributed by atoms with Gasteiger partial charge in [-0.2, -0.15) is 0 Å². The van der Waals surface area contributed by atoms with Crippen LogP contribution < -0.4 is 5.32 Å². The van der Waals surface area contributed by atoms with Crippen LogP contribution in [0.15, 0.2) is 0 Å². The Morgan fingerprint density at radius 2 is 2.33 bits per heavy atom. The van der Waals surface area contributed by atoms with Crippen LogP contribution in [0.5, 0.6) is 0 Å². The van der Waals surface area contributed by atoms with Crippen LogP contribution in [0.3, 0.4) is 0 Å². The summed E-state index contributed by atoms with van der Waals surface area (Å²) in [7, 11) is 0. The zero-order valence-electron chi connectivity index (χ0n) is 8.64. The molecule has 0 bridgehead atoms. The fraction of sp³-hybridized carbons (Fsp3) is 0.900. The maximum absolute atomic E-state index is 13.3. The van der Waals surface area contributed by atoms with E-state index in [1.807, 2.05) is 4.90 Å². The van der Waals surface area contributed by atoms with E-state index in [0.29, 0.717) is 32.5 Å². The third kappa shape index (κ3) is 2.45. The fourth-order valence-corrected chi connectivity index (χ4v) is 2.38. The minimum atomic E-state index is -2.52. The fourth-order valence-electron chi connectivity index (χ4n) is 2.38. The number of amides is 1. The molecule has 2 fully saturated rings. The van der Waals surface area contributed by atoms with E-state index in [9.17, 15) is 13.6 Å². The molecule has 1 unspecified atom stereocenters. The average Bonchev–Trinajstić information content (AvgIpc) is 2.46. The van der Waals surface area contributed by atoms with Gasteiger partial charge in [-0.3, -0.25) is 9.69 Å². The Balaban J connectivity index is 1.88. The Morgan fingerprint density at radius 1 is 1.53 bits per heavy atom. The first-order chi connectivity index (χ1) is 7.08. The van der Waals surface area contributed by atoms with Crippen molar-refractivity contribution in [2.24, 2.45) is 5.92 Å². The molecule has 1 heterocycles. The van der Waals surface area contributed by atoms with E-state index < -0.39 is 11.8 Å². The smallest absolute Gasteiger partial charge is 0.252 e. The number of hydrogen-bond donors (Lipinski definition) is 1. The molecule has 1 amide bonds. The van der Waals surface area contributed by atoms with Gasteiger partial charge in [0.1, 0.15) is 0 Å². The lowest BCUT2D eigenvalue weighted by atomic mass is 10.0. The number of carbonyl (C=O) groups is 1. The highest BCUT2D eigenvalue weighted by molar-refractivity contribution is 5.78. The van der Waals surface area contributed by atoms with E-state index in [1.54, 1.807) is 0 Å². The highest BCUT2D eigenvalue weighted by Crippen LogP contribution is 2.40. The Labute approximate surface area is 87.8 Å². The second-order valence-electron chi connectivity index (χ2n) is 4.44. The molecule has 0 aromatic rings. The molecule has 2 rings (SSSR count). The molecule has 1 aliphatic heterocycles. The van der Waals surface area contributed by atoms with Crippen molar-refractivity contribution in [3.05, 3.63) is 0 Å². The average molecular weight is 218 g/mol. The van der Waals surface area contributed by atoms with Gasteiger partial charge in [-0.15, -0.1) is 0 Å². The second-order valence-corrected chi connectivity index (χ2v) is 4.44. The zero-order valence-corrected chi connectivity index (χ0v) is 8.64. The van der Waals surface area contributed by atoms with Crippen LogP contribution in [0.1, 0.15) is 19.3 Å². The van der Waals surface area contributed by atoms with Crippen LogP contribution in [0, 0.1) is 5.92 Å². The number of rotatable bonds is 2. The molecule has 86 valence electrons. The van der Waals surface area contributed by atoms with Crippen molar-refractivity contribution in [2.45, 2.75) is 25.2 Å². The minimum absolute atomic E-state index is 0.0116. The predicted octanol–water partition coefficient (Wildman–Crippen LogP) is 0.854. The first-order valence-corrected chi connectivity index (χ1v) is 5.45. The van der Waals surface area contributed by atoms with E-state index in [0.717, 1.165) is 0 Å². The van der Waals surface area contributed by atoms with Gasteiger partial charge in [0.15, 0.2) is 0 Å². The molecule has 5 heteroatoms. The number of carbonyl (C=O) groups excluding carboxylic acids is 1. The topological polar surface area (TPSA) is 32.3 Å². The van der Waals surface area contributed by atoms with Gasteiger partial charge in [-0.1, -0.05) is 0 Å². The van der Waals surface area contributed by atoms with Gasteiger partial charge in [0.05, 0.1) is 6.54 Å². The number of alkyl halides is 2. The van der Waals surface area contributed by atoms with Crippen molar-refractivity contribution in [1.29, 1.82) is 0 Å². The summed E-state index contributed by atoms with van der Waals surface area (Å²) >= 11 is 0.